The van der Waals surface area contributed by atoms with Gasteiger partial charge in [-0.2, -0.15) is 0 Å². The van der Waals surface area contributed by atoms with Crippen molar-refractivity contribution in [2.24, 2.45) is 11.8 Å². The quantitative estimate of drug-likeness (QED) is 0.597. The molecule has 2 atom stereocenters. The van der Waals surface area contributed by atoms with Crippen molar-refractivity contribution in [2.45, 2.75) is 80.1 Å². The monoisotopic (exact) mass is 295 g/mol. The maximum atomic E-state index is 3.07. The van der Waals surface area contributed by atoms with Crippen molar-refractivity contribution in [1.82, 2.24) is 5.32 Å². The summed E-state index contributed by atoms with van der Waals surface area (Å²) in [6, 6.07) is 0. The van der Waals surface area contributed by atoms with E-state index in [9.17, 15) is 0 Å². The smallest absolute Gasteiger partial charge is 0.00520 e. The van der Waals surface area contributed by atoms with Gasteiger partial charge in [-0.1, -0.05) is 66.2 Å². The van der Waals surface area contributed by atoms with Crippen LogP contribution in [0.25, 0.3) is 0 Å². The van der Waals surface area contributed by atoms with E-state index < -0.39 is 0 Å². The van der Waals surface area contributed by atoms with Crippen molar-refractivity contribution < 1.29 is 0 Å². The minimum atomic E-state index is 0.895. The molecule has 0 aliphatic heterocycles. The molecule has 126 valence electrons. The fourth-order valence-corrected chi connectivity index (χ4v) is 2.67. The number of fused-ring (bicyclic) bond motifs is 1. The molecule has 0 spiro atoms. The second-order valence-electron chi connectivity index (χ2n) is 5.31. The minimum Gasteiger partial charge on any atom is -0.320 e. The van der Waals surface area contributed by atoms with Gasteiger partial charge in [0.1, 0.15) is 0 Å². The summed E-state index contributed by atoms with van der Waals surface area (Å²) in [6.45, 7) is 13.7. The Hall–Kier alpha value is -0.560. The topological polar surface area (TPSA) is 12.0 Å². The van der Waals surface area contributed by atoms with Crippen LogP contribution >= 0.6 is 0 Å². The van der Waals surface area contributed by atoms with Crippen LogP contribution in [-0.4, -0.2) is 13.6 Å². The van der Waals surface area contributed by atoms with E-state index in [2.05, 4.69) is 37.4 Å². The Morgan fingerprint density at radius 2 is 1.86 bits per heavy atom. The highest BCUT2D eigenvalue weighted by Gasteiger charge is 2.23. The van der Waals surface area contributed by atoms with Crippen LogP contribution in [0.15, 0.2) is 23.8 Å². The van der Waals surface area contributed by atoms with Gasteiger partial charge in [0.25, 0.3) is 0 Å². The number of allylic oxidation sites excluding steroid dienone is 4. The molecule has 0 fully saturated rings. The molecule has 0 aromatic heterocycles. The maximum absolute atomic E-state index is 3.07. The number of nitrogens with one attached hydrogen (secondary N) is 1. The average molecular weight is 296 g/mol. The molecule has 1 heteroatoms. The molecule has 1 unspecified atom stereocenters. The third-order valence-electron chi connectivity index (χ3n) is 3.81. The normalized spacial score (nSPS) is 22.1. The summed E-state index contributed by atoms with van der Waals surface area (Å²) in [5, 5.41) is 3.07. The predicted octanol–water partition coefficient (Wildman–Crippen LogP) is 6.37. The van der Waals surface area contributed by atoms with Crippen LogP contribution in [0.4, 0.5) is 0 Å². The lowest BCUT2D eigenvalue weighted by atomic mass is 9.75. The minimum absolute atomic E-state index is 0.895. The SMILES string of the molecule is CC.CC.CCCCNC.C[C@H]1CC=CC2=CCCCC21. The van der Waals surface area contributed by atoms with Gasteiger partial charge >= 0.3 is 0 Å². The van der Waals surface area contributed by atoms with Gasteiger partial charge in [0.2, 0.25) is 0 Å². The molecule has 0 aromatic rings. The summed E-state index contributed by atoms with van der Waals surface area (Å²) in [6.07, 6.45) is 15.1. The van der Waals surface area contributed by atoms with E-state index in [1.165, 1.54) is 38.5 Å². The largest absolute Gasteiger partial charge is 0.320 e. The fourth-order valence-electron chi connectivity index (χ4n) is 2.67. The Morgan fingerprint density at radius 3 is 2.33 bits per heavy atom. The van der Waals surface area contributed by atoms with Gasteiger partial charge in [-0.05, 0) is 63.1 Å². The summed E-state index contributed by atoms with van der Waals surface area (Å²) in [7, 11) is 1.98. The summed E-state index contributed by atoms with van der Waals surface area (Å²) in [5.74, 6) is 1.79. The predicted molar refractivity (Wildman–Crippen MR) is 99.9 cm³/mol. The van der Waals surface area contributed by atoms with Crippen LogP contribution in [-0.2, 0) is 0 Å². The van der Waals surface area contributed by atoms with Crippen LogP contribution in [0, 0.1) is 11.8 Å². The molecule has 0 bridgehead atoms. The second-order valence-corrected chi connectivity index (χ2v) is 5.31. The van der Waals surface area contributed by atoms with Gasteiger partial charge < -0.3 is 5.32 Å². The molecule has 2 aliphatic rings. The molecule has 0 saturated carbocycles. The van der Waals surface area contributed by atoms with E-state index in [1.54, 1.807) is 5.57 Å². The van der Waals surface area contributed by atoms with Crippen LogP contribution < -0.4 is 5.32 Å². The standard InChI is InChI=1S/C11H16.C5H13N.2C2H6/c1-9-5-4-7-10-6-2-3-8-11(9)10;1-3-4-5-6-2;2*1-2/h4,6-7,9,11H,2-3,5,8H2,1H3;6H,3-5H2,1-2H3;2*1-2H3/t9-,11?;;;/m0.../s1. The molecule has 0 amide bonds. The van der Waals surface area contributed by atoms with Crippen LogP contribution in [0.5, 0.6) is 0 Å². The second kappa shape index (κ2) is 17.5. The van der Waals surface area contributed by atoms with Gasteiger partial charge in [0.05, 0.1) is 0 Å². The van der Waals surface area contributed by atoms with Gasteiger partial charge in [-0.3, -0.25) is 0 Å². The van der Waals surface area contributed by atoms with E-state index in [0.717, 1.165) is 18.4 Å². The van der Waals surface area contributed by atoms with E-state index >= 15 is 0 Å². The zero-order valence-electron chi connectivity index (χ0n) is 15.8. The van der Waals surface area contributed by atoms with Crippen molar-refractivity contribution in [3.63, 3.8) is 0 Å². The molecule has 0 saturated heterocycles. The number of hydrogen-bond donors (Lipinski definition) is 1. The lowest BCUT2D eigenvalue weighted by Crippen LogP contribution is -2.18. The number of unbranched alkanes of at least 4 members (excludes halogenated alkanes) is 1. The summed E-state index contributed by atoms with van der Waals surface area (Å²) >= 11 is 0. The van der Waals surface area contributed by atoms with E-state index in [0.29, 0.717) is 0 Å². The van der Waals surface area contributed by atoms with E-state index in [1.807, 2.05) is 34.7 Å². The van der Waals surface area contributed by atoms with Crippen molar-refractivity contribution in [1.29, 1.82) is 0 Å². The van der Waals surface area contributed by atoms with Crippen molar-refractivity contribution >= 4 is 0 Å². The van der Waals surface area contributed by atoms with Gasteiger partial charge in [0, 0.05) is 0 Å². The molecule has 1 nitrogen and oxygen atoms in total. The molecule has 0 heterocycles. The Bertz CT molecular complexity index is 249. The van der Waals surface area contributed by atoms with Crippen molar-refractivity contribution in [3.05, 3.63) is 23.8 Å². The first-order chi connectivity index (χ1) is 10.3. The Labute approximate surface area is 135 Å². The molecule has 1 N–H and O–H groups in total. The first-order valence-electron chi connectivity index (χ1n) is 9.30. The molecule has 2 aliphatic carbocycles. The van der Waals surface area contributed by atoms with Crippen molar-refractivity contribution in [3.8, 4) is 0 Å². The third kappa shape index (κ3) is 10.8. The highest BCUT2D eigenvalue weighted by molar-refractivity contribution is 5.27. The molecule has 0 aromatic carbocycles. The lowest BCUT2D eigenvalue weighted by molar-refractivity contribution is 0.364. The first-order valence-corrected chi connectivity index (χ1v) is 9.30. The lowest BCUT2D eigenvalue weighted by Gasteiger charge is -2.30. The first kappa shape index (κ1) is 22.7. The van der Waals surface area contributed by atoms with Crippen LogP contribution in [0.2, 0.25) is 0 Å². The van der Waals surface area contributed by atoms with E-state index in [-0.39, 0.29) is 0 Å². The van der Waals surface area contributed by atoms with Crippen LogP contribution in [0.1, 0.15) is 80.1 Å². The van der Waals surface area contributed by atoms with Crippen LogP contribution in [0.3, 0.4) is 0 Å². The van der Waals surface area contributed by atoms with Gasteiger partial charge in [-0.25, -0.2) is 0 Å². The molecule has 21 heavy (non-hydrogen) atoms. The fraction of sp³-hybridized carbons (Fsp3) is 0.800. The summed E-state index contributed by atoms with van der Waals surface area (Å²) in [4.78, 5) is 0. The molecule has 2 rings (SSSR count). The third-order valence-corrected chi connectivity index (χ3v) is 3.81. The summed E-state index contributed by atoms with van der Waals surface area (Å²) in [5.41, 5.74) is 1.62. The average Bonchev–Trinajstić information content (AvgIpc) is 2.58. The molecule has 0 radical (unpaired) electrons. The number of rotatable bonds is 3. The zero-order valence-corrected chi connectivity index (χ0v) is 15.8. The van der Waals surface area contributed by atoms with Crippen molar-refractivity contribution in [2.75, 3.05) is 13.6 Å². The number of hydrogen-bond acceptors (Lipinski definition) is 1. The zero-order chi connectivity index (χ0) is 16.5. The summed E-state index contributed by atoms with van der Waals surface area (Å²) < 4.78 is 0. The highest BCUT2D eigenvalue weighted by Crippen LogP contribution is 2.36. The molecular weight excluding hydrogens is 254 g/mol. The van der Waals surface area contributed by atoms with Gasteiger partial charge in [-0.15, -0.1) is 0 Å². The highest BCUT2D eigenvalue weighted by atomic mass is 14.8. The Kier molecular flexibility index (Phi) is 18.9. The maximum Gasteiger partial charge on any atom is -0.00520 e. The Balaban J connectivity index is 0. The Morgan fingerprint density at radius 1 is 1.19 bits per heavy atom. The van der Waals surface area contributed by atoms with Gasteiger partial charge in [0.15, 0.2) is 0 Å². The molecular formula is C20H41N. The van der Waals surface area contributed by atoms with E-state index in [4.69, 9.17) is 0 Å².